The lowest BCUT2D eigenvalue weighted by Gasteiger charge is -2.19. The molecule has 0 radical (unpaired) electrons. The fourth-order valence-electron chi connectivity index (χ4n) is 1.88. The first-order chi connectivity index (χ1) is 7.65. The molecule has 7 heteroatoms. The highest BCUT2D eigenvalue weighted by Gasteiger charge is 2.20. The van der Waals surface area contributed by atoms with Crippen LogP contribution >= 0.6 is 0 Å². The zero-order chi connectivity index (χ0) is 11.7. The van der Waals surface area contributed by atoms with E-state index in [0.29, 0.717) is 5.95 Å². The van der Waals surface area contributed by atoms with Crippen LogP contribution in [0.15, 0.2) is 9.97 Å². The van der Waals surface area contributed by atoms with Gasteiger partial charge in [0.1, 0.15) is 0 Å². The van der Waals surface area contributed by atoms with Gasteiger partial charge < -0.3 is 10.6 Å². The largest absolute Gasteiger partial charge is 0.382 e. The van der Waals surface area contributed by atoms with Crippen LogP contribution in [0.1, 0.15) is 12.8 Å². The molecule has 0 aliphatic carbocycles. The molecule has 0 spiro atoms. The molecule has 2 rings (SSSR count). The molecule has 0 unspecified atom stereocenters. The minimum absolute atomic E-state index is 0.0972. The SMILES string of the molecule is Cn1c(N2CCCC2)nc(N)c(N=O)c1=O. The maximum atomic E-state index is 11.7. The van der Waals surface area contributed by atoms with Crippen LogP contribution in [0.5, 0.6) is 0 Å². The molecule has 0 saturated carbocycles. The third kappa shape index (κ3) is 1.54. The molecule has 1 aromatic heterocycles. The molecular weight excluding hydrogens is 210 g/mol. The molecule has 0 aromatic carbocycles. The van der Waals surface area contributed by atoms with E-state index >= 15 is 0 Å². The Labute approximate surface area is 91.9 Å². The van der Waals surface area contributed by atoms with Crippen LogP contribution in [0.4, 0.5) is 17.5 Å². The Morgan fingerprint density at radius 2 is 2.00 bits per heavy atom. The summed E-state index contributed by atoms with van der Waals surface area (Å²) in [6.45, 7) is 1.71. The van der Waals surface area contributed by atoms with Gasteiger partial charge in [0.2, 0.25) is 11.6 Å². The quantitative estimate of drug-likeness (QED) is 0.730. The van der Waals surface area contributed by atoms with Gasteiger partial charge in [0.15, 0.2) is 5.82 Å². The van der Waals surface area contributed by atoms with Gasteiger partial charge in [-0.2, -0.15) is 4.98 Å². The second-order valence-corrected chi connectivity index (χ2v) is 3.80. The molecule has 0 bridgehead atoms. The third-order valence-corrected chi connectivity index (χ3v) is 2.75. The van der Waals surface area contributed by atoms with Gasteiger partial charge in [0, 0.05) is 20.1 Å². The highest BCUT2D eigenvalue weighted by Crippen LogP contribution is 2.21. The Hall–Kier alpha value is -1.92. The number of rotatable bonds is 2. The summed E-state index contributed by atoms with van der Waals surface area (Å²) in [6, 6.07) is 0. The first kappa shape index (κ1) is 10.6. The highest BCUT2D eigenvalue weighted by atomic mass is 16.3. The summed E-state index contributed by atoms with van der Waals surface area (Å²) in [4.78, 5) is 28.2. The van der Waals surface area contributed by atoms with Crippen molar-refractivity contribution in [3.63, 3.8) is 0 Å². The van der Waals surface area contributed by atoms with Crippen molar-refractivity contribution in [2.75, 3.05) is 23.7 Å². The average Bonchev–Trinajstić information content (AvgIpc) is 2.77. The Kier molecular flexibility index (Phi) is 2.59. The molecule has 2 heterocycles. The summed E-state index contributed by atoms with van der Waals surface area (Å²) >= 11 is 0. The predicted octanol–water partition coefficient (Wildman–Crippen LogP) is 0.361. The van der Waals surface area contributed by atoms with Gasteiger partial charge in [0.25, 0.3) is 5.56 Å². The number of nitrogens with zero attached hydrogens (tertiary/aromatic N) is 4. The van der Waals surface area contributed by atoms with Crippen LogP contribution in [-0.2, 0) is 7.05 Å². The Morgan fingerprint density at radius 3 is 2.56 bits per heavy atom. The zero-order valence-electron chi connectivity index (χ0n) is 9.01. The van der Waals surface area contributed by atoms with Crippen molar-refractivity contribution >= 4 is 17.5 Å². The van der Waals surface area contributed by atoms with Crippen LogP contribution in [0, 0.1) is 4.91 Å². The van der Waals surface area contributed by atoms with E-state index in [0.717, 1.165) is 25.9 Å². The number of nitrogen functional groups attached to an aromatic ring is 1. The molecule has 1 aliphatic heterocycles. The van der Waals surface area contributed by atoms with E-state index in [1.165, 1.54) is 4.57 Å². The van der Waals surface area contributed by atoms with Gasteiger partial charge in [-0.25, -0.2) is 0 Å². The standard InChI is InChI=1S/C9H13N5O2/c1-13-8(15)6(12-16)7(10)11-9(13)14-4-2-3-5-14/h2-5,10H2,1H3. The Balaban J connectivity index is 2.55. The van der Waals surface area contributed by atoms with Gasteiger partial charge in [0.05, 0.1) is 0 Å². The normalized spacial score (nSPS) is 15.4. The Bertz CT molecular complexity index is 476. The highest BCUT2D eigenvalue weighted by molar-refractivity contribution is 5.58. The smallest absolute Gasteiger partial charge is 0.286 e. The molecule has 1 aliphatic rings. The molecule has 7 nitrogen and oxygen atoms in total. The Morgan fingerprint density at radius 1 is 1.38 bits per heavy atom. The lowest BCUT2D eigenvalue weighted by molar-refractivity contribution is 0.769. The van der Waals surface area contributed by atoms with E-state index in [1.54, 1.807) is 7.05 Å². The number of hydrogen-bond donors (Lipinski definition) is 1. The van der Waals surface area contributed by atoms with Crippen molar-refractivity contribution < 1.29 is 0 Å². The third-order valence-electron chi connectivity index (χ3n) is 2.75. The maximum Gasteiger partial charge on any atom is 0.286 e. The minimum Gasteiger partial charge on any atom is -0.382 e. The molecule has 16 heavy (non-hydrogen) atoms. The number of nitrogens with two attached hydrogens (primary N) is 1. The van der Waals surface area contributed by atoms with Crippen molar-refractivity contribution in [2.45, 2.75) is 12.8 Å². The van der Waals surface area contributed by atoms with Gasteiger partial charge >= 0.3 is 0 Å². The van der Waals surface area contributed by atoms with Crippen LogP contribution in [0.2, 0.25) is 0 Å². The van der Waals surface area contributed by atoms with Crippen LogP contribution in [-0.4, -0.2) is 22.6 Å². The minimum atomic E-state index is -0.496. The van der Waals surface area contributed by atoms with Gasteiger partial charge in [-0.05, 0) is 18.0 Å². The van der Waals surface area contributed by atoms with E-state index in [4.69, 9.17) is 5.73 Å². The fraction of sp³-hybridized carbons (Fsp3) is 0.556. The van der Waals surface area contributed by atoms with E-state index < -0.39 is 5.56 Å². The second-order valence-electron chi connectivity index (χ2n) is 3.80. The van der Waals surface area contributed by atoms with E-state index in [2.05, 4.69) is 10.2 Å². The first-order valence-electron chi connectivity index (χ1n) is 5.10. The van der Waals surface area contributed by atoms with Crippen LogP contribution in [0.25, 0.3) is 0 Å². The van der Waals surface area contributed by atoms with Crippen molar-refractivity contribution in [3.05, 3.63) is 15.3 Å². The summed E-state index contributed by atoms with van der Waals surface area (Å²) in [5.41, 5.74) is 4.71. The molecule has 1 aromatic rings. The summed E-state index contributed by atoms with van der Waals surface area (Å²) in [7, 11) is 1.57. The second kappa shape index (κ2) is 3.92. The maximum absolute atomic E-state index is 11.7. The summed E-state index contributed by atoms with van der Waals surface area (Å²) in [5.74, 6) is 0.410. The predicted molar refractivity (Wildman–Crippen MR) is 60.8 cm³/mol. The van der Waals surface area contributed by atoms with Gasteiger partial charge in [-0.3, -0.25) is 9.36 Å². The fourth-order valence-corrected chi connectivity index (χ4v) is 1.88. The molecule has 0 atom stereocenters. The number of hydrogen-bond acceptors (Lipinski definition) is 6. The monoisotopic (exact) mass is 223 g/mol. The molecule has 1 fully saturated rings. The molecule has 0 amide bonds. The van der Waals surface area contributed by atoms with Crippen LogP contribution in [0.3, 0.4) is 0 Å². The van der Waals surface area contributed by atoms with Crippen molar-refractivity contribution in [1.82, 2.24) is 9.55 Å². The average molecular weight is 223 g/mol. The molecule has 86 valence electrons. The van der Waals surface area contributed by atoms with Gasteiger partial charge in [-0.1, -0.05) is 0 Å². The van der Waals surface area contributed by atoms with E-state index in [9.17, 15) is 9.70 Å². The zero-order valence-corrected chi connectivity index (χ0v) is 9.01. The summed E-state index contributed by atoms with van der Waals surface area (Å²) < 4.78 is 1.32. The first-order valence-corrected chi connectivity index (χ1v) is 5.10. The van der Waals surface area contributed by atoms with E-state index in [-0.39, 0.29) is 11.5 Å². The summed E-state index contributed by atoms with van der Waals surface area (Å²) in [5, 5.41) is 2.61. The topological polar surface area (TPSA) is 93.6 Å². The van der Waals surface area contributed by atoms with Crippen LogP contribution < -0.4 is 16.2 Å². The van der Waals surface area contributed by atoms with Gasteiger partial charge in [-0.15, -0.1) is 4.91 Å². The van der Waals surface area contributed by atoms with E-state index in [1.807, 2.05) is 4.90 Å². The lowest BCUT2D eigenvalue weighted by atomic mass is 10.4. The van der Waals surface area contributed by atoms with Crippen molar-refractivity contribution in [1.29, 1.82) is 0 Å². The summed E-state index contributed by atoms with van der Waals surface area (Å²) in [6.07, 6.45) is 2.15. The van der Waals surface area contributed by atoms with Crippen molar-refractivity contribution in [3.8, 4) is 0 Å². The molecule has 2 N–H and O–H groups in total. The molecule has 1 saturated heterocycles. The lowest BCUT2D eigenvalue weighted by Crippen LogP contribution is -2.30. The number of nitroso groups, excluding NO2 is 1. The van der Waals surface area contributed by atoms with Crippen molar-refractivity contribution in [2.24, 2.45) is 12.2 Å². The number of aromatic nitrogens is 2. The molecular formula is C9H13N5O2. The number of anilines is 2.